The van der Waals surface area contributed by atoms with Crippen LogP contribution >= 0.6 is 0 Å². The minimum absolute atomic E-state index is 0.00835. The fraction of sp³-hybridized carbons (Fsp3) is 0.450. The molecule has 0 fully saturated rings. The molecule has 1 amide bonds. The van der Waals surface area contributed by atoms with Crippen molar-refractivity contribution in [3.8, 4) is 11.3 Å². The molecule has 0 aliphatic carbocycles. The van der Waals surface area contributed by atoms with E-state index >= 15 is 0 Å². The second-order valence-corrected chi connectivity index (χ2v) is 7.39. The van der Waals surface area contributed by atoms with Crippen LogP contribution in [0.5, 0.6) is 0 Å². The highest BCUT2D eigenvalue weighted by atomic mass is 19.1. The molecule has 1 atom stereocenters. The van der Waals surface area contributed by atoms with Crippen LogP contribution in [0.25, 0.3) is 11.3 Å². The highest BCUT2D eigenvalue weighted by Crippen LogP contribution is 2.27. The van der Waals surface area contributed by atoms with E-state index in [4.69, 9.17) is 10.5 Å². The fourth-order valence-corrected chi connectivity index (χ4v) is 2.57. The number of benzene rings is 1. The summed E-state index contributed by atoms with van der Waals surface area (Å²) in [5, 5.41) is 0. The molecular weight excluding hydrogens is 333 g/mol. The van der Waals surface area contributed by atoms with Gasteiger partial charge in [-0.15, -0.1) is 0 Å². The molecular formula is C20H26FN3O2. The van der Waals surface area contributed by atoms with Gasteiger partial charge in [0.2, 0.25) is 0 Å². The first kappa shape index (κ1) is 19.8. The summed E-state index contributed by atoms with van der Waals surface area (Å²) in [7, 11) is 0. The lowest BCUT2D eigenvalue weighted by Gasteiger charge is -2.30. The molecule has 0 bridgehead atoms. The standard InChI is InChI=1S/C20H26FN3O2/c1-12(2)18-23-16(10-13(3)20(4,5)26-19(22)25)11-17(24-18)14-6-8-15(21)9-7-14/h6-9,11-13H,10H2,1-5H3,(H2,22,25). The van der Waals surface area contributed by atoms with E-state index in [0.29, 0.717) is 6.42 Å². The van der Waals surface area contributed by atoms with Crippen LogP contribution in [0.3, 0.4) is 0 Å². The largest absolute Gasteiger partial charge is 0.443 e. The molecule has 1 aromatic heterocycles. The number of nitrogens with zero attached hydrogens (tertiary/aromatic N) is 2. The van der Waals surface area contributed by atoms with Crippen LogP contribution in [-0.2, 0) is 11.2 Å². The topological polar surface area (TPSA) is 78.1 Å². The molecule has 1 aromatic carbocycles. The summed E-state index contributed by atoms with van der Waals surface area (Å²) in [5.74, 6) is 0.582. The molecule has 0 radical (unpaired) electrons. The molecule has 2 N–H and O–H groups in total. The molecule has 1 heterocycles. The number of hydrogen-bond acceptors (Lipinski definition) is 4. The summed E-state index contributed by atoms with van der Waals surface area (Å²) in [6.07, 6.45) is -0.198. The monoisotopic (exact) mass is 359 g/mol. The van der Waals surface area contributed by atoms with Gasteiger partial charge in [-0.1, -0.05) is 20.8 Å². The maximum Gasteiger partial charge on any atom is 0.405 e. The molecule has 5 nitrogen and oxygen atoms in total. The zero-order chi connectivity index (χ0) is 19.5. The quantitative estimate of drug-likeness (QED) is 0.826. The van der Waals surface area contributed by atoms with Crippen LogP contribution < -0.4 is 5.73 Å². The Balaban J connectivity index is 2.36. The minimum Gasteiger partial charge on any atom is -0.443 e. The molecule has 140 valence electrons. The van der Waals surface area contributed by atoms with Crippen LogP contribution in [0.2, 0.25) is 0 Å². The van der Waals surface area contributed by atoms with Crippen molar-refractivity contribution in [2.24, 2.45) is 11.7 Å². The molecule has 1 unspecified atom stereocenters. The van der Waals surface area contributed by atoms with Crippen molar-refractivity contribution in [1.29, 1.82) is 0 Å². The average molecular weight is 359 g/mol. The first-order chi connectivity index (χ1) is 12.1. The Bertz CT molecular complexity index is 773. The first-order valence-electron chi connectivity index (χ1n) is 8.70. The summed E-state index contributed by atoms with van der Waals surface area (Å²) in [6.45, 7) is 9.69. The van der Waals surface area contributed by atoms with Crippen LogP contribution in [0, 0.1) is 11.7 Å². The maximum atomic E-state index is 13.2. The van der Waals surface area contributed by atoms with Gasteiger partial charge in [0.05, 0.1) is 5.69 Å². The van der Waals surface area contributed by atoms with Gasteiger partial charge in [-0.05, 0) is 50.6 Å². The molecule has 0 spiro atoms. The van der Waals surface area contributed by atoms with E-state index in [1.165, 1.54) is 12.1 Å². The lowest BCUT2D eigenvalue weighted by Crippen LogP contribution is -2.38. The van der Waals surface area contributed by atoms with Crippen LogP contribution in [0.15, 0.2) is 30.3 Å². The summed E-state index contributed by atoms with van der Waals surface area (Å²) in [5.41, 5.74) is 6.88. The Morgan fingerprint density at radius 1 is 1.19 bits per heavy atom. The fourth-order valence-electron chi connectivity index (χ4n) is 2.57. The highest BCUT2D eigenvalue weighted by Gasteiger charge is 2.30. The van der Waals surface area contributed by atoms with Crippen LogP contribution in [0.1, 0.15) is 52.1 Å². The predicted molar refractivity (Wildman–Crippen MR) is 99.1 cm³/mol. The van der Waals surface area contributed by atoms with Crippen molar-refractivity contribution in [2.45, 2.75) is 52.6 Å². The summed E-state index contributed by atoms with van der Waals surface area (Å²) in [6, 6.07) is 8.14. The summed E-state index contributed by atoms with van der Waals surface area (Å²) < 4.78 is 18.4. The zero-order valence-electron chi connectivity index (χ0n) is 15.9. The van der Waals surface area contributed by atoms with Gasteiger partial charge >= 0.3 is 6.09 Å². The minimum atomic E-state index is -0.792. The maximum absolute atomic E-state index is 13.2. The van der Waals surface area contributed by atoms with Crippen LogP contribution in [0.4, 0.5) is 9.18 Å². The van der Waals surface area contributed by atoms with Crippen molar-refractivity contribution in [1.82, 2.24) is 9.97 Å². The second kappa shape index (κ2) is 7.81. The smallest absolute Gasteiger partial charge is 0.405 e. The van der Waals surface area contributed by atoms with E-state index in [2.05, 4.69) is 9.97 Å². The van der Waals surface area contributed by atoms with E-state index in [-0.39, 0.29) is 17.7 Å². The molecule has 0 saturated heterocycles. The van der Waals surface area contributed by atoms with Crippen molar-refractivity contribution in [3.63, 3.8) is 0 Å². The van der Waals surface area contributed by atoms with Crippen molar-refractivity contribution in [3.05, 3.63) is 47.7 Å². The average Bonchev–Trinajstić information content (AvgIpc) is 2.54. The Morgan fingerprint density at radius 2 is 1.81 bits per heavy atom. The summed E-state index contributed by atoms with van der Waals surface area (Å²) in [4.78, 5) is 20.4. The lowest BCUT2D eigenvalue weighted by atomic mass is 9.88. The number of ether oxygens (including phenoxy) is 1. The lowest BCUT2D eigenvalue weighted by molar-refractivity contribution is 0.00447. The normalized spacial score (nSPS) is 12.9. The van der Waals surface area contributed by atoms with Crippen molar-refractivity contribution in [2.75, 3.05) is 0 Å². The molecule has 0 saturated carbocycles. The first-order valence-corrected chi connectivity index (χ1v) is 8.70. The van der Waals surface area contributed by atoms with Crippen LogP contribution in [-0.4, -0.2) is 21.7 Å². The SMILES string of the molecule is CC(C)c1nc(CC(C)C(C)(C)OC(N)=O)cc(-c2ccc(F)cc2)n1. The number of carbonyl (C=O) groups is 1. The van der Waals surface area contributed by atoms with E-state index in [9.17, 15) is 9.18 Å². The molecule has 0 aliphatic heterocycles. The van der Waals surface area contributed by atoms with Gasteiger partial charge in [0, 0.05) is 23.1 Å². The van der Waals surface area contributed by atoms with Gasteiger partial charge in [0.25, 0.3) is 0 Å². The third kappa shape index (κ3) is 5.00. The number of carbonyl (C=O) groups excluding carboxylic acids is 1. The molecule has 0 aliphatic rings. The van der Waals surface area contributed by atoms with Crippen molar-refractivity contribution >= 4 is 6.09 Å². The number of nitrogens with two attached hydrogens (primary N) is 1. The Kier molecular flexibility index (Phi) is 5.95. The number of aromatic nitrogens is 2. The van der Waals surface area contributed by atoms with Gasteiger partial charge in [-0.25, -0.2) is 19.2 Å². The highest BCUT2D eigenvalue weighted by molar-refractivity contribution is 5.65. The van der Waals surface area contributed by atoms with E-state index in [0.717, 1.165) is 22.8 Å². The van der Waals surface area contributed by atoms with Gasteiger partial charge in [0.15, 0.2) is 0 Å². The Labute approximate surface area is 153 Å². The van der Waals surface area contributed by atoms with Gasteiger partial charge < -0.3 is 10.5 Å². The van der Waals surface area contributed by atoms with Gasteiger partial charge in [0.1, 0.15) is 17.2 Å². The molecule has 2 rings (SSSR count). The third-order valence-corrected chi connectivity index (χ3v) is 4.52. The van der Waals surface area contributed by atoms with E-state index in [1.54, 1.807) is 12.1 Å². The van der Waals surface area contributed by atoms with E-state index in [1.807, 2.05) is 40.7 Å². The number of halogens is 1. The van der Waals surface area contributed by atoms with Gasteiger partial charge in [-0.2, -0.15) is 0 Å². The summed E-state index contributed by atoms with van der Waals surface area (Å²) >= 11 is 0. The number of primary amides is 1. The number of rotatable bonds is 6. The molecule has 2 aromatic rings. The number of amides is 1. The molecule has 26 heavy (non-hydrogen) atoms. The predicted octanol–water partition coefficient (Wildman–Crippen LogP) is 4.46. The Morgan fingerprint density at radius 3 is 2.35 bits per heavy atom. The van der Waals surface area contributed by atoms with Crippen molar-refractivity contribution < 1.29 is 13.9 Å². The molecule has 6 heteroatoms. The van der Waals surface area contributed by atoms with Gasteiger partial charge in [-0.3, -0.25) is 0 Å². The number of hydrogen-bond donors (Lipinski definition) is 1. The Hall–Kier alpha value is -2.50. The third-order valence-electron chi connectivity index (χ3n) is 4.52. The second-order valence-electron chi connectivity index (χ2n) is 7.39. The zero-order valence-corrected chi connectivity index (χ0v) is 15.9. The van der Waals surface area contributed by atoms with E-state index < -0.39 is 11.7 Å².